The number of hydrogen-bond donors (Lipinski definition) is 1. The van der Waals surface area contributed by atoms with Gasteiger partial charge in [-0.15, -0.1) is 10.2 Å². The molecular formula is C15H13ClN4O3. The van der Waals surface area contributed by atoms with Crippen LogP contribution in [-0.4, -0.2) is 21.3 Å². The van der Waals surface area contributed by atoms with E-state index in [0.29, 0.717) is 10.7 Å². The van der Waals surface area contributed by atoms with Crippen molar-refractivity contribution in [3.63, 3.8) is 0 Å². The average molecular weight is 333 g/mol. The predicted octanol–water partition coefficient (Wildman–Crippen LogP) is 2.95. The molecule has 0 amide bonds. The molecular weight excluding hydrogens is 320 g/mol. The summed E-state index contributed by atoms with van der Waals surface area (Å²) >= 11 is 5.80. The zero-order valence-corrected chi connectivity index (χ0v) is 12.9. The van der Waals surface area contributed by atoms with Gasteiger partial charge in [0.15, 0.2) is 0 Å². The predicted molar refractivity (Wildman–Crippen MR) is 86.5 cm³/mol. The SMILES string of the molecule is C\C=C/C(Cl)=N\C=C\c1nnc(-c2cccc(C(=O)ON)c2)o1. The molecule has 2 rings (SSSR count). The second kappa shape index (κ2) is 8.02. The number of allylic oxidation sites excluding steroid dienone is 2. The van der Waals surface area contributed by atoms with E-state index in [1.54, 1.807) is 30.4 Å². The van der Waals surface area contributed by atoms with Gasteiger partial charge in [0.05, 0.1) is 5.56 Å². The van der Waals surface area contributed by atoms with Crippen molar-refractivity contribution in [2.75, 3.05) is 0 Å². The lowest BCUT2D eigenvalue weighted by Crippen LogP contribution is -2.09. The molecule has 0 aliphatic carbocycles. The molecule has 8 heteroatoms. The van der Waals surface area contributed by atoms with E-state index in [0.717, 1.165) is 0 Å². The molecule has 118 valence electrons. The molecule has 0 atom stereocenters. The van der Waals surface area contributed by atoms with Crippen LogP contribution in [0.1, 0.15) is 23.2 Å². The molecule has 0 bridgehead atoms. The minimum atomic E-state index is -0.653. The van der Waals surface area contributed by atoms with Crippen molar-refractivity contribution < 1.29 is 14.0 Å². The van der Waals surface area contributed by atoms with E-state index >= 15 is 0 Å². The van der Waals surface area contributed by atoms with Crippen molar-refractivity contribution >= 4 is 28.8 Å². The Kier molecular flexibility index (Phi) is 5.79. The summed E-state index contributed by atoms with van der Waals surface area (Å²) in [5.74, 6) is 4.71. The zero-order valence-electron chi connectivity index (χ0n) is 12.1. The van der Waals surface area contributed by atoms with E-state index in [2.05, 4.69) is 20.0 Å². The quantitative estimate of drug-likeness (QED) is 0.666. The second-order valence-corrected chi connectivity index (χ2v) is 4.59. The van der Waals surface area contributed by atoms with Gasteiger partial charge in [-0.05, 0) is 31.2 Å². The maximum absolute atomic E-state index is 11.4. The van der Waals surface area contributed by atoms with E-state index in [1.165, 1.54) is 18.3 Å². The van der Waals surface area contributed by atoms with E-state index in [4.69, 9.17) is 21.9 Å². The van der Waals surface area contributed by atoms with Crippen LogP contribution in [0.4, 0.5) is 0 Å². The summed E-state index contributed by atoms with van der Waals surface area (Å²) in [5, 5.41) is 8.09. The first kappa shape index (κ1) is 16.6. The van der Waals surface area contributed by atoms with Gasteiger partial charge < -0.3 is 9.25 Å². The Labute approximate surface area is 137 Å². The highest BCUT2D eigenvalue weighted by Crippen LogP contribution is 2.19. The Balaban J connectivity index is 2.18. The van der Waals surface area contributed by atoms with E-state index in [9.17, 15) is 4.79 Å². The number of nitrogens with two attached hydrogens (primary N) is 1. The number of carbonyl (C=O) groups is 1. The third-order valence-electron chi connectivity index (χ3n) is 2.61. The van der Waals surface area contributed by atoms with Crippen LogP contribution in [-0.2, 0) is 4.84 Å². The number of aliphatic imine (C=N–C) groups is 1. The molecule has 2 aromatic rings. The molecule has 0 unspecified atom stereocenters. The first-order valence-corrected chi connectivity index (χ1v) is 6.89. The zero-order chi connectivity index (χ0) is 16.7. The van der Waals surface area contributed by atoms with E-state index < -0.39 is 5.97 Å². The molecule has 1 aromatic carbocycles. The summed E-state index contributed by atoms with van der Waals surface area (Å²) in [6.07, 6.45) is 6.37. The number of hydrogen-bond acceptors (Lipinski definition) is 7. The van der Waals surface area contributed by atoms with Gasteiger partial charge in [-0.25, -0.2) is 9.79 Å². The van der Waals surface area contributed by atoms with Gasteiger partial charge in [-0.2, -0.15) is 5.90 Å². The maximum Gasteiger partial charge on any atom is 0.356 e. The smallest absolute Gasteiger partial charge is 0.356 e. The number of aromatic nitrogens is 2. The first-order valence-electron chi connectivity index (χ1n) is 6.51. The lowest BCUT2D eigenvalue weighted by atomic mass is 10.1. The molecule has 0 fully saturated rings. The van der Waals surface area contributed by atoms with Crippen LogP contribution in [0.5, 0.6) is 0 Å². The van der Waals surface area contributed by atoms with Crippen LogP contribution < -0.4 is 5.90 Å². The van der Waals surface area contributed by atoms with Crippen LogP contribution in [0.2, 0.25) is 0 Å². The number of nitrogens with zero attached hydrogens (tertiary/aromatic N) is 3. The summed E-state index contributed by atoms with van der Waals surface area (Å²) < 4.78 is 5.46. The van der Waals surface area contributed by atoms with Gasteiger partial charge >= 0.3 is 5.97 Å². The largest absolute Gasteiger partial charge is 0.417 e. The summed E-state index contributed by atoms with van der Waals surface area (Å²) in [6.45, 7) is 1.83. The average Bonchev–Trinajstić information content (AvgIpc) is 3.03. The first-order chi connectivity index (χ1) is 11.1. The monoisotopic (exact) mass is 332 g/mol. The fourth-order valence-electron chi connectivity index (χ4n) is 1.62. The third kappa shape index (κ3) is 4.60. The van der Waals surface area contributed by atoms with Gasteiger partial charge in [0.25, 0.3) is 0 Å². The molecule has 1 heterocycles. The Hall–Kier alpha value is -2.77. The summed E-state index contributed by atoms with van der Waals surface area (Å²) in [4.78, 5) is 19.5. The second-order valence-electron chi connectivity index (χ2n) is 4.20. The van der Waals surface area contributed by atoms with E-state index in [-0.39, 0.29) is 17.3 Å². The third-order valence-corrected chi connectivity index (χ3v) is 2.84. The van der Waals surface area contributed by atoms with Crippen molar-refractivity contribution in [1.82, 2.24) is 10.2 Å². The van der Waals surface area contributed by atoms with Crippen LogP contribution >= 0.6 is 11.6 Å². The summed E-state index contributed by atoms with van der Waals surface area (Å²) in [5.41, 5.74) is 0.846. The fraction of sp³-hybridized carbons (Fsp3) is 0.0667. The fourth-order valence-corrected chi connectivity index (χ4v) is 1.80. The molecule has 23 heavy (non-hydrogen) atoms. The summed E-state index contributed by atoms with van der Waals surface area (Å²) in [7, 11) is 0. The van der Waals surface area contributed by atoms with Gasteiger partial charge in [0, 0.05) is 17.8 Å². The normalized spacial score (nSPS) is 12.2. The van der Waals surface area contributed by atoms with Crippen LogP contribution in [0.3, 0.4) is 0 Å². The number of benzene rings is 1. The van der Waals surface area contributed by atoms with Crippen LogP contribution in [0.25, 0.3) is 17.5 Å². The summed E-state index contributed by atoms with van der Waals surface area (Å²) in [6, 6.07) is 6.48. The van der Waals surface area contributed by atoms with Crippen LogP contribution in [0, 0.1) is 0 Å². The Morgan fingerprint density at radius 3 is 3.00 bits per heavy atom. The van der Waals surface area contributed by atoms with Crippen molar-refractivity contribution in [3.05, 3.63) is 54.1 Å². The van der Waals surface area contributed by atoms with Crippen molar-refractivity contribution in [2.45, 2.75) is 6.92 Å². The van der Waals surface area contributed by atoms with Crippen molar-refractivity contribution in [3.8, 4) is 11.5 Å². The van der Waals surface area contributed by atoms with Crippen LogP contribution in [0.15, 0.2) is 52.0 Å². The maximum atomic E-state index is 11.4. The molecule has 0 aliphatic heterocycles. The van der Waals surface area contributed by atoms with Crippen molar-refractivity contribution in [1.29, 1.82) is 0 Å². The minimum Gasteiger partial charge on any atom is -0.417 e. The Morgan fingerprint density at radius 1 is 1.43 bits per heavy atom. The van der Waals surface area contributed by atoms with Gasteiger partial charge in [-0.3, -0.25) is 0 Å². The van der Waals surface area contributed by atoms with Crippen molar-refractivity contribution in [2.24, 2.45) is 10.9 Å². The number of rotatable bonds is 5. The van der Waals surface area contributed by atoms with Gasteiger partial charge in [0.1, 0.15) is 5.17 Å². The minimum absolute atomic E-state index is 0.250. The number of carbonyl (C=O) groups excluding carboxylic acids is 1. The highest BCUT2D eigenvalue weighted by atomic mass is 35.5. The van der Waals surface area contributed by atoms with E-state index in [1.807, 2.05) is 6.92 Å². The Morgan fingerprint density at radius 2 is 2.26 bits per heavy atom. The molecule has 0 spiro atoms. The molecule has 7 nitrogen and oxygen atoms in total. The molecule has 0 aliphatic rings. The molecule has 0 saturated heterocycles. The molecule has 1 aromatic heterocycles. The van der Waals surface area contributed by atoms with Gasteiger partial charge in [0.2, 0.25) is 11.8 Å². The molecule has 2 N–H and O–H groups in total. The topological polar surface area (TPSA) is 104 Å². The Bertz CT molecular complexity index is 781. The highest BCUT2D eigenvalue weighted by molar-refractivity contribution is 6.68. The number of halogens is 1. The lowest BCUT2D eigenvalue weighted by Gasteiger charge is -1.99. The highest BCUT2D eigenvalue weighted by Gasteiger charge is 2.11. The molecule has 0 radical (unpaired) electrons. The molecule has 0 saturated carbocycles. The van der Waals surface area contributed by atoms with Gasteiger partial charge in [-0.1, -0.05) is 23.7 Å². The lowest BCUT2D eigenvalue weighted by molar-refractivity contribution is 0.0503. The standard InChI is InChI=1S/C15H13ClN4O3/c1-2-4-12(16)18-8-7-13-19-20-14(22-13)10-5-3-6-11(9-10)15(21)23-17/h2-9H,17H2,1H3/b4-2-,8-7+,18-12+.